The van der Waals surface area contributed by atoms with E-state index in [4.69, 9.17) is 11.6 Å². The van der Waals surface area contributed by atoms with Crippen LogP contribution in [0.25, 0.3) is 11.4 Å². The standard InChI is InChI=1S/C11H9ClFN3/c12-9-7(2-1-3-8(9)13)11-14-10(15-16-11)6-4-5-6/h1-3,6H,4-5H2,(H,14,15,16). The summed E-state index contributed by atoms with van der Waals surface area (Å²) in [4.78, 5) is 4.33. The molecule has 3 rings (SSSR count). The summed E-state index contributed by atoms with van der Waals surface area (Å²) in [6, 6.07) is 4.63. The van der Waals surface area contributed by atoms with Crippen molar-refractivity contribution >= 4 is 11.6 Å². The first-order chi connectivity index (χ1) is 7.75. The van der Waals surface area contributed by atoms with Gasteiger partial charge in [0, 0.05) is 11.5 Å². The minimum atomic E-state index is -0.447. The van der Waals surface area contributed by atoms with Gasteiger partial charge >= 0.3 is 0 Å². The number of nitrogens with zero attached hydrogens (tertiary/aromatic N) is 2. The number of hydrogen-bond acceptors (Lipinski definition) is 2. The highest BCUT2D eigenvalue weighted by atomic mass is 35.5. The Morgan fingerprint density at radius 3 is 2.94 bits per heavy atom. The molecule has 2 aromatic rings. The van der Waals surface area contributed by atoms with Crippen LogP contribution >= 0.6 is 11.6 Å². The van der Waals surface area contributed by atoms with Crippen LogP contribution < -0.4 is 0 Å². The molecule has 0 unspecified atom stereocenters. The van der Waals surface area contributed by atoms with Gasteiger partial charge in [-0.3, -0.25) is 5.10 Å². The average molecular weight is 238 g/mol. The third-order valence-electron chi connectivity index (χ3n) is 2.66. The van der Waals surface area contributed by atoms with Crippen LogP contribution in [0.1, 0.15) is 24.6 Å². The van der Waals surface area contributed by atoms with E-state index in [0.717, 1.165) is 18.7 Å². The van der Waals surface area contributed by atoms with Gasteiger partial charge in [0.05, 0.1) is 5.02 Å². The summed E-state index contributed by atoms with van der Waals surface area (Å²) in [7, 11) is 0. The van der Waals surface area contributed by atoms with Crippen molar-refractivity contribution in [3.8, 4) is 11.4 Å². The Balaban J connectivity index is 2.03. The zero-order valence-electron chi connectivity index (χ0n) is 8.37. The highest BCUT2D eigenvalue weighted by Crippen LogP contribution is 2.38. The Bertz CT molecular complexity index is 534. The van der Waals surface area contributed by atoms with Crippen LogP contribution in [0, 0.1) is 5.82 Å². The van der Waals surface area contributed by atoms with Crippen LogP contribution in [0.3, 0.4) is 0 Å². The first-order valence-corrected chi connectivity index (χ1v) is 5.50. The zero-order valence-corrected chi connectivity index (χ0v) is 9.13. The Morgan fingerprint density at radius 1 is 1.38 bits per heavy atom. The van der Waals surface area contributed by atoms with E-state index in [-0.39, 0.29) is 5.02 Å². The minimum Gasteiger partial charge on any atom is -0.262 e. The van der Waals surface area contributed by atoms with Crippen molar-refractivity contribution in [2.75, 3.05) is 0 Å². The first-order valence-electron chi connectivity index (χ1n) is 5.12. The predicted molar refractivity (Wildman–Crippen MR) is 58.8 cm³/mol. The lowest BCUT2D eigenvalue weighted by atomic mass is 10.2. The topological polar surface area (TPSA) is 41.6 Å². The number of H-pyrrole nitrogens is 1. The van der Waals surface area contributed by atoms with Crippen LogP contribution in [-0.4, -0.2) is 15.2 Å². The summed E-state index contributed by atoms with van der Waals surface area (Å²) >= 11 is 5.86. The SMILES string of the molecule is Fc1cccc(-c2n[nH]c(C3CC3)n2)c1Cl. The van der Waals surface area contributed by atoms with Gasteiger partial charge in [-0.2, -0.15) is 5.10 Å². The number of nitrogens with one attached hydrogen (secondary N) is 1. The Morgan fingerprint density at radius 2 is 2.19 bits per heavy atom. The maximum Gasteiger partial charge on any atom is 0.182 e. The maximum atomic E-state index is 13.2. The van der Waals surface area contributed by atoms with E-state index in [1.165, 1.54) is 6.07 Å². The third-order valence-corrected chi connectivity index (χ3v) is 3.04. The Hall–Kier alpha value is -1.42. The molecule has 0 spiro atoms. The van der Waals surface area contributed by atoms with Crippen LogP contribution in [0.2, 0.25) is 5.02 Å². The number of aromatic amines is 1. The zero-order chi connectivity index (χ0) is 11.1. The van der Waals surface area contributed by atoms with Crippen molar-refractivity contribution in [3.63, 3.8) is 0 Å². The molecule has 1 aromatic carbocycles. The lowest BCUT2D eigenvalue weighted by molar-refractivity contribution is 0.628. The van der Waals surface area contributed by atoms with E-state index in [1.807, 2.05) is 0 Å². The Kier molecular flexibility index (Phi) is 2.17. The van der Waals surface area contributed by atoms with Gasteiger partial charge in [-0.1, -0.05) is 17.7 Å². The van der Waals surface area contributed by atoms with Gasteiger partial charge in [0.25, 0.3) is 0 Å². The molecule has 0 amide bonds. The molecule has 82 valence electrons. The smallest absolute Gasteiger partial charge is 0.182 e. The van der Waals surface area contributed by atoms with Gasteiger partial charge in [-0.15, -0.1) is 0 Å². The highest BCUT2D eigenvalue weighted by Gasteiger charge is 2.27. The summed E-state index contributed by atoms with van der Waals surface area (Å²) in [6.45, 7) is 0. The quantitative estimate of drug-likeness (QED) is 0.872. The van der Waals surface area contributed by atoms with E-state index in [2.05, 4.69) is 15.2 Å². The van der Waals surface area contributed by atoms with Crippen molar-refractivity contribution in [3.05, 3.63) is 34.9 Å². The Labute approximate surface area is 96.7 Å². The van der Waals surface area contributed by atoms with Gasteiger partial charge < -0.3 is 0 Å². The van der Waals surface area contributed by atoms with Crippen LogP contribution in [-0.2, 0) is 0 Å². The highest BCUT2D eigenvalue weighted by molar-refractivity contribution is 6.33. The number of rotatable bonds is 2. The average Bonchev–Trinajstić information content (AvgIpc) is 3.02. The fourth-order valence-electron chi connectivity index (χ4n) is 1.61. The van der Waals surface area contributed by atoms with Crippen molar-refractivity contribution in [1.82, 2.24) is 15.2 Å². The molecule has 1 aliphatic rings. The molecule has 1 saturated carbocycles. The lowest BCUT2D eigenvalue weighted by Crippen LogP contribution is -1.86. The number of hydrogen-bond donors (Lipinski definition) is 1. The maximum absolute atomic E-state index is 13.2. The van der Waals surface area contributed by atoms with Gasteiger partial charge in [0.2, 0.25) is 0 Å². The second-order valence-electron chi connectivity index (χ2n) is 3.92. The normalized spacial score (nSPS) is 15.4. The summed E-state index contributed by atoms with van der Waals surface area (Å²) in [5.74, 6) is 1.38. The molecular weight excluding hydrogens is 229 g/mol. The predicted octanol–water partition coefficient (Wildman–Crippen LogP) is 3.14. The van der Waals surface area contributed by atoms with Crippen LogP contribution in [0.4, 0.5) is 4.39 Å². The van der Waals surface area contributed by atoms with Gasteiger partial charge in [0.15, 0.2) is 5.82 Å². The monoisotopic (exact) mass is 237 g/mol. The molecule has 16 heavy (non-hydrogen) atoms. The van der Waals surface area contributed by atoms with E-state index in [9.17, 15) is 4.39 Å². The van der Waals surface area contributed by atoms with Crippen LogP contribution in [0.15, 0.2) is 18.2 Å². The van der Waals surface area contributed by atoms with Gasteiger partial charge in [0.1, 0.15) is 11.6 Å². The first kappa shape index (κ1) is 9.78. The van der Waals surface area contributed by atoms with Crippen molar-refractivity contribution in [1.29, 1.82) is 0 Å². The molecule has 0 atom stereocenters. The molecule has 1 aromatic heterocycles. The van der Waals surface area contributed by atoms with Crippen molar-refractivity contribution < 1.29 is 4.39 Å². The van der Waals surface area contributed by atoms with E-state index in [1.54, 1.807) is 12.1 Å². The summed E-state index contributed by atoms with van der Waals surface area (Å²) in [5.41, 5.74) is 0.532. The molecular formula is C11H9ClFN3. The molecule has 1 heterocycles. The molecule has 3 nitrogen and oxygen atoms in total. The second-order valence-corrected chi connectivity index (χ2v) is 4.30. The molecule has 1 aliphatic carbocycles. The molecule has 0 saturated heterocycles. The van der Waals surface area contributed by atoms with E-state index < -0.39 is 5.82 Å². The number of benzene rings is 1. The molecule has 1 N–H and O–H groups in total. The number of aromatic nitrogens is 3. The summed E-state index contributed by atoms with van der Waals surface area (Å²) < 4.78 is 13.2. The second kappa shape index (κ2) is 3.56. The molecule has 0 bridgehead atoms. The molecule has 1 fully saturated rings. The fraction of sp³-hybridized carbons (Fsp3) is 0.273. The van der Waals surface area contributed by atoms with Gasteiger partial charge in [-0.25, -0.2) is 9.37 Å². The van der Waals surface area contributed by atoms with Crippen LogP contribution in [0.5, 0.6) is 0 Å². The molecule has 5 heteroatoms. The van der Waals surface area contributed by atoms with E-state index in [0.29, 0.717) is 17.3 Å². The molecule has 0 radical (unpaired) electrons. The lowest BCUT2D eigenvalue weighted by Gasteiger charge is -1.99. The summed E-state index contributed by atoms with van der Waals surface area (Å²) in [5, 5.41) is 7.01. The van der Waals surface area contributed by atoms with E-state index >= 15 is 0 Å². The van der Waals surface area contributed by atoms with Crippen molar-refractivity contribution in [2.45, 2.75) is 18.8 Å². The third kappa shape index (κ3) is 1.59. The largest absolute Gasteiger partial charge is 0.262 e. The minimum absolute atomic E-state index is 0.0730. The fourth-order valence-corrected chi connectivity index (χ4v) is 1.82. The van der Waals surface area contributed by atoms with Gasteiger partial charge in [-0.05, 0) is 25.0 Å². The number of halogens is 2. The van der Waals surface area contributed by atoms with Crippen molar-refractivity contribution in [2.24, 2.45) is 0 Å². The summed E-state index contributed by atoms with van der Waals surface area (Å²) in [6.07, 6.45) is 2.29. The molecule has 0 aliphatic heterocycles.